The van der Waals surface area contributed by atoms with Crippen LogP contribution in [0.1, 0.15) is 36.9 Å². The second-order valence-corrected chi connectivity index (χ2v) is 7.50. The molecule has 7 nitrogen and oxygen atoms in total. The van der Waals surface area contributed by atoms with Crippen molar-refractivity contribution in [2.24, 2.45) is 0 Å². The van der Waals surface area contributed by atoms with E-state index in [1.807, 2.05) is 31.2 Å². The highest BCUT2D eigenvalue weighted by atomic mass is 32.1. The van der Waals surface area contributed by atoms with Crippen molar-refractivity contribution in [2.75, 3.05) is 19.0 Å². The van der Waals surface area contributed by atoms with Crippen molar-refractivity contribution in [3.8, 4) is 0 Å². The number of benzene rings is 1. The van der Waals surface area contributed by atoms with Gasteiger partial charge < -0.3 is 19.8 Å². The van der Waals surface area contributed by atoms with Crippen LogP contribution in [0, 0.1) is 20.8 Å². The molecule has 0 aliphatic heterocycles. The van der Waals surface area contributed by atoms with Gasteiger partial charge >= 0.3 is 11.9 Å². The maximum atomic E-state index is 12.5. The van der Waals surface area contributed by atoms with Crippen molar-refractivity contribution in [3.63, 3.8) is 0 Å². The highest BCUT2D eigenvalue weighted by Crippen LogP contribution is 2.33. The van der Waals surface area contributed by atoms with Gasteiger partial charge in [0.2, 0.25) is 0 Å². The van der Waals surface area contributed by atoms with Gasteiger partial charge in [-0.2, -0.15) is 0 Å². The number of aromatic nitrogens is 1. The van der Waals surface area contributed by atoms with E-state index in [0.29, 0.717) is 21.8 Å². The van der Waals surface area contributed by atoms with Crippen molar-refractivity contribution < 1.29 is 23.9 Å². The zero-order valence-corrected chi connectivity index (χ0v) is 16.8. The molecule has 8 heteroatoms. The molecular weight excluding hydrogens is 380 g/mol. The maximum Gasteiger partial charge on any atom is 0.341 e. The van der Waals surface area contributed by atoms with E-state index in [9.17, 15) is 14.4 Å². The van der Waals surface area contributed by atoms with Crippen LogP contribution in [0.5, 0.6) is 0 Å². The first-order valence-electron chi connectivity index (χ1n) is 8.56. The fourth-order valence-electron chi connectivity index (χ4n) is 2.97. The van der Waals surface area contributed by atoms with Crippen LogP contribution in [-0.4, -0.2) is 36.5 Å². The number of H-pyrrole nitrogens is 1. The Hall–Kier alpha value is -3.13. The number of hydrogen-bond acceptors (Lipinski definition) is 6. The minimum atomic E-state index is -0.586. The monoisotopic (exact) mass is 400 g/mol. The fourth-order valence-corrected chi connectivity index (χ4v) is 4.03. The van der Waals surface area contributed by atoms with E-state index in [-0.39, 0.29) is 0 Å². The summed E-state index contributed by atoms with van der Waals surface area (Å²) in [6.07, 6.45) is 0. The van der Waals surface area contributed by atoms with Crippen molar-refractivity contribution >= 4 is 45.1 Å². The molecule has 0 aliphatic rings. The van der Waals surface area contributed by atoms with E-state index in [0.717, 1.165) is 21.3 Å². The maximum absolute atomic E-state index is 12.5. The van der Waals surface area contributed by atoms with E-state index in [1.54, 1.807) is 13.8 Å². The van der Waals surface area contributed by atoms with E-state index in [2.05, 4.69) is 10.3 Å². The van der Waals surface area contributed by atoms with E-state index < -0.39 is 24.5 Å². The van der Waals surface area contributed by atoms with Crippen LogP contribution in [0.2, 0.25) is 0 Å². The Bertz CT molecular complexity index is 1080. The Morgan fingerprint density at radius 3 is 2.50 bits per heavy atom. The quantitative estimate of drug-likeness (QED) is 0.636. The van der Waals surface area contributed by atoms with Crippen molar-refractivity contribution in [2.45, 2.75) is 20.8 Å². The number of amides is 1. The summed E-state index contributed by atoms with van der Waals surface area (Å²) in [7, 11) is 1.28. The first-order valence-corrected chi connectivity index (χ1v) is 9.37. The van der Waals surface area contributed by atoms with Crippen LogP contribution in [-0.2, 0) is 14.3 Å². The molecule has 3 rings (SSSR count). The van der Waals surface area contributed by atoms with Crippen LogP contribution in [0.3, 0.4) is 0 Å². The average Bonchev–Trinajstić information content (AvgIpc) is 3.14. The molecule has 2 heterocycles. The second kappa shape index (κ2) is 7.85. The van der Waals surface area contributed by atoms with Gasteiger partial charge in [0, 0.05) is 21.5 Å². The normalized spacial score (nSPS) is 10.7. The van der Waals surface area contributed by atoms with Gasteiger partial charge in [-0.05, 0) is 32.4 Å². The molecule has 0 spiro atoms. The third-order valence-electron chi connectivity index (χ3n) is 4.46. The summed E-state index contributed by atoms with van der Waals surface area (Å²) in [5, 5.41) is 3.75. The molecule has 28 heavy (non-hydrogen) atoms. The van der Waals surface area contributed by atoms with E-state index in [1.165, 1.54) is 18.4 Å². The molecule has 0 aliphatic carbocycles. The zero-order valence-electron chi connectivity index (χ0n) is 16.0. The number of esters is 2. The number of nitrogens with one attached hydrogen (secondary N) is 2. The molecule has 0 saturated heterocycles. The van der Waals surface area contributed by atoms with Crippen molar-refractivity contribution in [1.82, 2.24) is 4.98 Å². The number of anilines is 1. The molecule has 2 N–H and O–H groups in total. The molecule has 3 aromatic rings. The SMILES string of the molecule is COC(=O)c1c(NC(=O)COC(=O)c2c(C)[nH]c3ccccc23)sc(C)c1C. The number of para-hydroxylation sites is 1. The topological polar surface area (TPSA) is 97.5 Å². The Balaban J connectivity index is 1.71. The standard InChI is InChI=1S/C20H20N2O5S/c1-10-12(3)28-18(16(10)19(24)26-4)22-15(23)9-27-20(25)17-11(2)21-14-8-6-5-7-13(14)17/h5-8,21H,9H2,1-4H3,(H,22,23). The molecule has 146 valence electrons. The van der Waals surface area contributed by atoms with Crippen LogP contribution in [0.15, 0.2) is 24.3 Å². The predicted octanol–water partition coefficient (Wildman–Crippen LogP) is 3.74. The number of aryl methyl sites for hydroxylation is 2. The number of rotatable bonds is 5. The number of carbonyl (C=O) groups is 3. The number of ether oxygens (including phenoxy) is 2. The molecule has 0 atom stereocenters. The summed E-state index contributed by atoms with van der Waals surface area (Å²) in [5.74, 6) is -1.64. The Morgan fingerprint density at radius 1 is 1.07 bits per heavy atom. The summed E-state index contributed by atoms with van der Waals surface area (Å²) in [6.45, 7) is 4.94. The molecule has 2 aromatic heterocycles. The lowest BCUT2D eigenvalue weighted by atomic mass is 10.1. The number of fused-ring (bicyclic) bond motifs is 1. The highest BCUT2D eigenvalue weighted by molar-refractivity contribution is 7.16. The molecule has 1 amide bonds. The summed E-state index contributed by atoms with van der Waals surface area (Å²) >= 11 is 1.27. The Kier molecular flexibility index (Phi) is 5.51. The highest BCUT2D eigenvalue weighted by Gasteiger charge is 2.23. The average molecular weight is 400 g/mol. The van der Waals surface area contributed by atoms with Crippen molar-refractivity contribution in [1.29, 1.82) is 0 Å². The Morgan fingerprint density at radius 2 is 1.79 bits per heavy atom. The number of hydrogen-bond donors (Lipinski definition) is 2. The van der Waals surface area contributed by atoms with Crippen LogP contribution < -0.4 is 5.32 Å². The minimum Gasteiger partial charge on any atom is -0.465 e. The van der Waals surface area contributed by atoms with E-state index in [4.69, 9.17) is 9.47 Å². The summed E-state index contributed by atoms with van der Waals surface area (Å²) in [5.41, 5.74) is 2.96. The van der Waals surface area contributed by atoms with Gasteiger partial charge in [0.05, 0.1) is 18.2 Å². The van der Waals surface area contributed by atoms with Gasteiger partial charge in [0.25, 0.3) is 5.91 Å². The molecule has 1 aromatic carbocycles. The Labute approximate surface area is 165 Å². The van der Waals surface area contributed by atoms with Crippen LogP contribution >= 0.6 is 11.3 Å². The van der Waals surface area contributed by atoms with Gasteiger partial charge in [-0.15, -0.1) is 11.3 Å². The summed E-state index contributed by atoms with van der Waals surface area (Å²) in [6, 6.07) is 7.37. The van der Waals surface area contributed by atoms with Gasteiger partial charge in [-0.25, -0.2) is 9.59 Å². The largest absolute Gasteiger partial charge is 0.465 e. The number of carbonyl (C=O) groups excluding carboxylic acids is 3. The smallest absolute Gasteiger partial charge is 0.341 e. The van der Waals surface area contributed by atoms with Gasteiger partial charge in [0.15, 0.2) is 6.61 Å². The zero-order chi connectivity index (χ0) is 20.4. The molecule has 0 saturated carbocycles. The molecule has 0 unspecified atom stereocenters. The van der Waals surface area contributed by atoms with Crippen LogP contribution in [0.4, 0.5) is 5.00 Å². The number of thiophene rings is 1. The molecule has 0 bridgehead atoms. The molecular formula is C20H20N2O5S. The number of aromatic amines is 1. The van der Waals surface area contributed by atoms with Crippen LogP contribution in [0.25, 0.3) is 10.9 Å². The predicted molar refractivity (Wildman–Crippen MR) is 107 cm³/mol. The third-order valence-corrected chi connectivity index (χ3v) is 5.58. The lowest BCUT2D eigenvalue weighted by molar-refractivity contribution is -0.119. The molecule has 0 fully saturated rings. The lowest BCUT2D eigenvalue weighted by Gasteiger charge is -2.07. The first kappa shape index (κ1) is 19.6. The number of methoxy groups -OCH3 is 1. The molecule has 0 radical (unpaired) electrons. The third kappa shape index (κ3) is 3.63. The van der Waals surface area contributed by atoms with Gasteiger partial charge in [-0.1, -0.05) is 18.2 Å². The minimum absolute atomic E-state index is 0.317. The fraction of sp³-hybridized carbons (Fsp3) is 0.250. The van der Waals surface area contributed by atoms with Crippen molar-refractivity contribution in [3.05, 3.63) is 51.5 Å². The van der Waals surface area contributed by atoms with Gasteiger partial charge in [0.1, 0.15) is 5.00 Å². The first-order chi connectivity index (χ1) is 13.3. The van der Waals surface area contributed by atoms with E-state index >= 15 is 0 Å². The lowest BCUT2D eigenvalue weighted by Crippen LogP contribution is -2.21. The van der Waals surface area contributed by atoms with Gasteiger partial charge in [-0.3, -0.25) is 4.79 Å². The summed E-state index contributed by atoms with van der Waals surface area (Å²) < 4.78 is 9.97. The summed E-state index contributed by atoms with van der Waals surface area (Å²) in [4.78, 5) is 40.7. The second-order valence-electron chi connectivity index (χ2n) is 6.27.